The van der Waals surface area contributed by atoms with E-state index in [1.165, 1.54) is 18.2 Å². The van der Waals surface area contributed by atoms with Crippen molar-refractivity contribution in [3.8, 4) is 5.75 Å². The lowest BCUT2D eigenvalue weighted by Crippen LogP contribution is -2.32. The lowest BCUT2D eigenvalue weighted by atomic mass is 10.1. The summed E-state index contributed by atoms with van der Waals surface area (Å²) in [6.07, 6.45) is 1.71. The second-order valence-electron chi connectivity index (χ2n) is 10.5. The van der Waals surface area contributed by atoms with E-state index in [1.54, 1.807) is 42.3 Å². The lowest BCUT2D eigenvalue weighted by Gasteiger charge is -2.27. The molecular formula is C30H39ClF3N7O2. The predicted octanol–water partition coefficient (Wildman–Crippen LogP) is 5.96. The molecule has 1 aliphatic rings. The Morgan fingerprint density at radius 2 is 1.88 bits per heavy atom. The molecule has 1 aliphatic heterocycles. The van der Waals surface area contributed by atoms with Gasteiger partial charge < -0.3 is 15.8 Å². The van der Waals surface area contributed by atoms with Crippen molar-refractivity contribution in [1.82, 2.24) is 14.7 Å². The zero-order chi connectivity index (χ0) is 32.1. The number of halogens is 4. The number of anilines is 2. The van der Waals surface area contributed by atoms with Crippen molar-refractivity contribution < 1.29 is 22.7 Å². The van der Waals surface area contributed by atoms with Crippen molar-refractivity contribution in [2.45, 2.75) is 58.4 Å². The van der Waals surface area contributed by atoms with Crippen LogP contribution in [0.5, 0.6) is 5.75 Å². The number of hydrogen-bond donors (Lipinski definition) is 3. The number of benzene rings is 2. The molecule has 0 bridgehead atoms. The van der Waals surface area contributed by atoms with Crippen molar-refractivity contribution in [2.24, 2.45) is 18.6 Å². The Labute approximate surface area is 255 Å². The first-order valence-corrected chi connectivity index (χ1v) is 14.1. The van der Waals surface area contributed by atoms with Crippen LogP contribution in [0.15, 0.2) is 42.7 Å². The summed E-state index contributed by atoms with van der Waals surface area (Å²) in [5.41, 5.74) is 9.47. The van der Waals surface area contributed by atoms with Crippen LogP contribution >= 0.6 is 11.6 Å². The minimum atomic E-state index is -4.37. The number of hydrazine groups is 1. The lowest BCUT2D eigenvalue weighted by molar-refractivity contribution is -0.137. The molecule has 5 N–H and O–H groups in total. The van der Waals surface area contributed by atoms with Crippen LogP contribution in [0.4, 0.5) is 24.5 Å². The Morgan fingerprint density at radius 1 is 1.23 bits per heavy atom. The van der Waals surface area contributed by atoms with Gasteiger partial charge in [0.2, 0.25) is 0 Å². The van der Waals surface area contributed by atoms with E-state index in [0.717, 1.165) is 36.5 Å². The molecule has 1 saturated heterocycles. The number of nitrogens with one attached hydrogen (secondary N) is 1. The fourth-order valence-electron chi connectivity index (χ4n) is 5.03. The Hall–Kier alpha value is -3.74. The molecule has 4 rings (SSSR count). The SMILES string of the molecule is CNc1cc(C(F)(F)F)cc(CN2C(C)CCC2C)c1OC.Cc1c(/C(N)=C/N(N)c2cc(C=O)ccc2Cl)cnn1C. The second kappa shape index (κ2) is 14.2. The largest absolute Gasteiger partial charge is 0.494 e. The number of aryl methyl sites for hydroxylation is 1. The average molecular weight is 622 g/mol. The number of nitrogens with two attached hydrogens (primary N) is 2. The molecule has 2 aromatic carbocycles. The summed E-state index contributed by atoms with van der Waals surface area (Å²) in [5, 5.41) is 8.64. The first-order chi connectivity index (χ1) is 20.2. The molecule has 3 aromatic rings. The number of aromatic nitrogens is 2. The Kier molecular flexibility index (Phi) is 11.1. The number of carbonyl (C=O) groups excluding carboxylic acids is 1. The van der Waals surface area contributed by atoms with Crippen molar-refractivity contribution in [2.75, 3.05) is 24.5 Å². The van der Waals surface area contributed by atoms with Gasteiger partial charge in [-0.1, -0.05) is 17.7 Å². The molecular weight excluding hydrogens is 583 g/mol. The highest BCUT2D eigenvalue weighted by atomic mass is 35.5. The highest BCUT2D eigenvalue weighted by Crippen LogP contribution is 2.39. The molecule has 1 fully saturated rings. The van der Waals surface area contributed by atoms with Gasteiger partial charge in [0, 0.05) is 61.3 Å². The van der Waals surface area contributed by atoms with E-state index in [-0.39, 0.29) is 0 Å². The summed E-state index contributed by atoms with van der Waals surface area (Å²) in [6, 6.07) is 7.86. The van der Waals surface area contributed by atoms with Crippen molar-refractivity contribution in [3.05, 3.63) is 75.7 Å². The molecule has 2 atom stereocenters. The Morgan fingerprint density at radius 3 is 2.40 bits per heavy atom. The number of ether oxygens (including phenoxy) is 1. The van der Waals surface area contributed by atoms with Crippen LogP contribution in [0.1, 0.15) is 59.4 Å². The van der Waals surface area contributed by atoms with Gasteiger partial charge in [-0.3, -0.25) is 19.4 Å². The Balaban J connectivity index is 0.000000236. The highest BCUT2D eigenvalue weighted by Gasteiger charge is 2.34. The zero-order valence-electron chi connectivity index (χ0n) is 25.2. The van der Waals surface area contributed by atoms with Gasteiger partial charge in [-0.15, -0.1) is 0 Å². The molecule has 13 heteroatoms. The summed E-state index contributed by atoms with van der Waals surface area (Å²) < 4.78 is 46.4. The van der Waals surface area contributed by atoms with Gasteiger partial charge in [0.05, 0.1) is 41.0 Å². The van der Waals surface area contributed by atoms with Crippen LogP contribution in [-0.2, 0) is 19.8 Å². The third kappa shape index (κ3) is 8.01. The molecule has 0 amide bonds. The summed E-state index contributed by atoms with van der Waals surface area (Å²) in [5.74, 6) is 6.45. The number of alkyl halides is 3. The van der Waals surface area contributed by atoms with Crippen LogP contribution in [0.3, 0.4) is 0 Å². The number of methoxy groups -OCH3 is 1. The van der Waals surface area contributed by atoms with Crippen molar-refractivity contribution in [1.29, 1.82) is 0 Å². The summed E-state index contributed by atoms with van der Waals surface area (Å²) in [6.45, 7) is 6.60. The molecule has 2 unspecified atom stereocenters. The fraction of sp³-hybridized carbons (Fsp3) is 0.400. The molecule has 0 radical (unpaired) electrons. The topological polar surface area (TPSA) is 115 Å². The number of likely N-dealkylation sites (tertiary alicyclic amines) is 1. The van der Waals surface area contributed by atoms with Gasteiger partial charge in [-0.2, -0.15) is 18.3 Å². The van der Waals surface area contributed by atoms with E-state index in [4.69, 9.17) is 27.9 Å². The van der Waals surface area contributed by atoms with Crippen LogP contribution in [0, 0.1) is 6.92 Å². The van der Waals surface area contributed by atoms with E-state index in [9.17, 15) is 18.0 Å². The van der Waals surface area contributed by atoms with Crippen LogP contribution in [0.25, 0.3) is 5.70 Å². The monoisotopic (exact) mass is 621 g/mol. The van der Waals surface area contributed by atoms with Crippen LogP contribution in [0.2, 0.25) is 5.02 Å². The maximum absolute atomic E-state index is 13.1. The number of rotatable bonds is 8. The van der Waals surface area contributed by atoms with Gasteiger partial charge in [0.1, 0.15) is 12.0 Å². The first kappa shape index (κ1) is 33.8. The number of carbonyl (C=O) groups is 1. The quantitative estimate of drug-likeness (QED) is 0.160. The van der Waals surface area contributed by atoms with E-state index in [0.29, 0.717) is 57.6 Å². The van der Waals surface area contributed by atoms with Crippen LogP contribution < -0.4 is 26.6 Å². The second-order valence-corrected chi connectivity index (χ2v) is 10.9. The van der Waals surface area contributed by atoms with Gasteiger partial charge in [-0.05, 0) is 57.9 Å². The predicted molar refractivity (Wildman–Crippen MR) is 165 cm³/mol. The Bertz CT molecular complexity index is 1450. The first-order valence-electron chi connectivity index (χ1n) is 13.7. The van der Waals surface area contributed by atoms with Gasteiger partial charge >= 0.3 is 6.18 Å². The van der Waals surface area contributed by atoms with E-state index < -0.39 is 11.7 Å². The average Bonchev–Trinajstić information content (AvgIpc) is 3.47. The number of aldehydes is 1. The summed E-state index contributed by atoms with van der Waals surface area (Å²) >= 11 is 6.09. The highest BCUT2D eigenvalue weighted by molar-refractivity contribution is 6.33. The molecule has 9 nitrogen and oxygen atoms in total. The van der Waals surface area contributed by atoms with E-state index in [1.807, 2.05) is 14.0 Å². The summed E-state index contributed by atoms with van der Waals surface area (Å²) in [7, 11) is 4.92. The smallest absolute Gasteiger partial charge is 0.416 e. The minimum absolute atomic E-state index is 0.367. The molecule has 2 heterocycles. The molecule has 0 saturated carbocycles. The third-order valence-electron chi connectivity index (χ3n) is 7.66. The van der Waals surface area contributed by atoms with Crippen LogP contribution in [-0.4, -0.2) is 47.2 Å². The van der Waals surface area contributed by atoms with Gasteiger partial charge in [0.25, 0.3) is 0 Å². The van der Waals surface area contributed by atoms with Gasteiger partial charge in [0.15, 0.2) is 0 Å². The third-order valence-corrected chi connectivity index (χ3v) is 7.98. The molecule has 0 aliphatic carbocycles. The van der Waals surface area contributed by atoms with Crippen molar-refractivity contribution >= 4 is 35.0 Å². The number of nitrogens with zero attached hydrogens (tertiary/aromatic N) is 4. The fourth-order valence-corrected chi connectivity index (χ4v) is 5.24. The maximum atomic E-state index is 13.1. The van der Waals surface area contributed by atoms with Crippen molar-refractivity contribution in [3.63, 3.8) is 0 Å². The molecule has 0 spiro atoms. The zero-order valence-corrected chi connectivity index (χ0v) is 25.9. The molecule has 43 heavy (non-hydrogen) atoms. The normalized spacial score (nSPS) is 17.3. The summed E-state index contributed by atoms with van der Waals surface area (Å²) in [4.78, 5) is 13.1. The number of hydrogen-bond acceptors (Lipinski definition) is 8. The van der Waals surface area contributed by atoms with E-state index in [2.05, 4.69) is 29.2 Å². The van der Waals surface area contributed by atoms with E-state index >= 15 is 0 Å². The molecule has 234 valence electrons. The standard InChI is InChI=1S/C16H23F3N2O.C14H16ClN5O/c1-10-5-6-11(2)21(10)9-12-7-13(16(17,18)19)8-14(20-3)15(12)22-4;1-9-11(6-18-19(9)2)13(16)7-20(17)14-5-10(8-21)3-4-12(14)15/h7-8,10-11,20H,5-6,9H2,1-4H3;3-8H,16-17H2,1-2H3/b;13-7-. The van der Waals surface area contributed by atoms with Gasteiger partial charge in [-0.25, -0.2) is 5.84 Å². The minimum Gasteiger partial charge on any atom is -0.494 e. The maximum Gasteiger partial charge on any atom is 0.416 e. The molecule has 1 aromatic heterocycles.